The minimum Gasteiger partial charge on any atom is -0.493 e. The van der Waals surface area contributed by atoms with Crippen LogP contribution in [0.1, 0.15) is 12.0 Å². The highest BCUT2D eigenvalue weighted by molar-refractivity contribution is 6.30. The van der Waals surface area contributed by atoms with Gasteiger partial charge in [-0.2, -0.15) is 0 Å². The zero-order valence-corrected chi connectivity index (χ0v) is 10.9. The van der Waals surface area contributed by atoms with Crippen molar-refractivity contribution in [3.05, 3.63) is 22.7 Å². The quantitative estimate of drug-likeness (QED) is 0.763. The van der Waals surface area contributed by atoms with Crippen molar-refractivity contribution in [3.8, 4) is 11.5 Å². The summed E-state index contributed by atoms with van der Waals surface area (Å²) in [6, 6.07) is 3.50. The Bertz CT molecular complexity index is 333. The molecule has 4 nitrogen and oxygen atoms in total. The first kappa shape index (κ1) is 14.1. The highest BCUT2D eigenvalue weighted by Gasteiger charge is 2.11. The lowest BCUT2D eigenvalue weighted by atomic mass is 10.2. The standard InChI is InChI=1S/C12H18ClNO3/c1-15-4-3-5-17-12-9(8-14)6-10(13)7-11(12)16-2/h6-7H,3-5,8,14H2,1-2H3. The van der Waals surface area contributed by atoms with Crippen LogP contribution in [0.15, 0.2) is 12.1 Å². The third-order valence-electron chi connectivity index (χ3n) is 2.28. The van der Waals surface area contributed by atoms with Gasteiger partial charge in [0.05, 0.1) is 13.7 Å². The molecule has 0 aromatic heterocycles. The highest BCUT2D eigenvalue weighted by atomic mass is 35.5. The van der Waals surface area contributed by atoms with E-state index in [9.17, 15) is 0 Å². The molecule has 1 rings (SSSR count). The van der Waals surface area contributed by atoms with E-state index in [1.165, 1.54) is 0 Å². The maximum atomic E-state index is 5.95. The third kappa shape index (κ3) is 4.07. The summed E-state index contributed by atoms with van der Waals surface area (Å²) in [6.07, 6.45) is 0.812. The van der Waals surface area contributed by atoms with E-state index in [1.807, 2.05) is 0 Å². The van der Waals surface area contributed by atoms with Crippen LogP contribution in [-0.4, -0.2) is 27.4 Å². The molecule has 0 atom stereocenters. The third-order valence-corrected chi connectivity index (χ3v) is 2.49. The summed E-state index contributed by atoms with van der Waals surface area (Å²) in [5, 5.41) is 0.589. The molecule has 96 valence electrons. The molecule has 17 heavy (non-hydrogen) atoms. The SMILES string of the molecule is COCCCOc1c(CN)cc(Cl)cc1OC. The topological polar surface area (TPSA) is 53.7 Å². The number of rotatable bonds is 7. The summed E-state index contributed by atoms with van der Waals surface area (Å²) in [7, 11) is 3.24. The van der Waals surface area contributed by atoms with E-state index in [1.54, 1.807) is 26.4 Å². The zero-order chi connectivity index (χ0) is 12.7. The average Bonchev–Trinajstić information content (AvgIpc) is 2.35. The molecule has 0 unspecified atom stereocenters. The lowest BCUT2D eigenvalue weighted by molar-refractivity contribution is 0.170. The van der Waals surface area contributed by atoms with Gasteiger partial charge in [-0.3, -0.25) is 0 Å². The Morgan fingerprint density at radius 1 is 1.24 bits per heavy atom. The van der Waals surface area contributed by atoms with Crippen molar-refractivity contribution in [2.45, 2.75) is 13.0 Å². The summed E-state index contributed by atoms with van der Waals surface area (Å²) in [4.78, 5) is 0. The lowest BCUT2D eigenvalue weighted by Crippen LogP contribution is -2.07. The molecule has 0 radical (unpaired) electrons. The molecular weight excluding hydrogens is 242 g/mol. The maximum Gasteiger partial charge on any atom is 0.165 e. The molecule has 0 fully saturated rings. The molecule has 0 saturated carbocycles. The van der Waals surface area contributed by atoms with Crippen LogP contribution in [0.5, 0.6) is 11.5 Å². The normalized spacial score (nSPS) is 10.4. The molecule has 0 spiro atoms. The minimum absolute atomic E-state index is 0.358. The van der Waals surface area contributed by atoms with E-state index in [4.69, 9.17) is 31.5 Å². The number of nitrogens with two attached hydrogens (primary N) is 1. The van der Waals surface area contributed by atoms with Crippen LogP contribution in [0, 0.1) is 0 Å². The number of ether oxygens (including phenoxy) is 3. The van der Waals surface area contributed by atoms with Gasteiger partial charge in [0.25, 0.3) is 0 Å². The lowest BCUT2D eigenvalue weighted by Gasteiger charge is -2.14. The van der Waals surface area contributed by atoms with Gasteiger partial charge in [0.2, 0.25) is 0 Å². The van der Waals surface area contributed by atoms with Crippen molar-refractivity contribution < 1.29 is 14.2 Å². The van der Waals surface area contributed by atoms with E-state index in [-0.39, 0.29) is 0 Å². The van der Waals surface area contributed by atoms with Crippen molar-refractivity contribution in [2.75, 3.05) is 27.4 Å². The Hall–Kier alpha value is -0.970. The first-order valence-electron chi connectivity index (χ1n) is 5.41. The van der Waals surface area contributed by atoms with Gasteiger partial charge in [0.1, 0.15) is 0 Å². The van der Waals surface area contributed by atoms with Crippen molar-refractivity contribution in [2.24, 2.45) is 5.73 Å². The molecule has 0 amide bonds. The van der Waals surface area contributed by atoms with Gasteiger partial charge in [-0.1, -0.05) is 11.6 Å². The summed E-state index contributed by atoms with van der Waals surface area (Å²) in [6.45, 7) is 1.57. The van der Waals surface area contributed by atoms with Crippen LogP contribution < -0.4 is 15.2 Å². The molecule has 0 aliphatic carbocycles. The van der Waals surface area contributed by atoms with Crippen LogP contribution >= 0.6 is 11.6 Å². The predicted octanol–water partition coefficient (Wildman–Crippen LogP) is 2.22. The molecule has 1 aromatic rings. The van der Waals surface area contributed by atoms with Gasteiger partial charge in [0, 0.05) is 43.3 Å². The van der Waals surface area contributed by atoms with Gasteiger partial charge in [0.15, 0.2) is 11.5 Å². The molecule has 1 aromatic carbocycles. The van der Waals surface area contributed by atoms with Crippen LogP contribution in [-0.2, 0) is 11.3 Å². The van der Waals surface area contributed by atoms with E-state index >= 15 is 0 Å². The number of hydrogen-bond acceptors (Lipinski definition) is 4. The Morgan fingerprint density at radius 2 is 2.00 bits per heavy atom. The average molecular weight is 260 g/mol. The van der Waals surface area contributed by atoms with E-state index < -0.39 is 0 Å². The summed E-state index contributed by atoms with van der Waals surface area (Å²) in [5.41, 5.74) is 6.49. The van der Waals surface area contributed by atoms with E-state index in [0.29, 0.717) is 36.3 Å². The first-order chi connectivity index (χ1) is 8.22. The second kappa shape index (κ2) is 7.37. The van der Waals surface area contributed by atoms with Crippen molar-refractivity contribution in [3.63, 3.8) is 0 Å². The molecule has 0 saturated heterocycles. The van der Waals surface area contributed by atoms with Gasteiger partial charge < -0.3 is 19.9 Å². The fraction of sp³-hybridized carbons (Fsp3) is 0.500. The summed E-state index contributed by atoms with van der Waals surface area (Å²) in [5.74, 6) is 1.27. The van der Waals surface area contributed by atoms with Crippen molar-refractivity contribution in [1.82, 2.24) is 0 Å². The summed E-state index contributed by atoms with van der Waals surface area (Å²) >= 11 is 5.95. The van der Waals surface area contributed by atoms with Crippen LogP contribution in [0.4, 0.5) is 0 Å². The number of benzene rings is 1. The van der Waals surface area contributed by atoms with Crippen LogP contribution in [0.3, 0.4) is 0 Å². The Labute approximate surface area is 107 Å². The highest BCUT2D eigenvalue weighted by Crippen LogP contribution is 2.34. The Morgan fingerprint density at radius 3 is 2.59 bits per heavy atom. The van der Waals surface area contributed by atoms with E-state index in [2.05, 4.69) is 0 Å². The fourth-order valence-corrected chi connectivity index (χ4v) is 1.70. The van der Waals surface area contributed by atoms with Crippen molar-refractivity contribution >= 4 is 11.6 Å². The zero-order valence-electron chi connectivity index (χ0n) is 10.2. The number of hydrogen-bond donors (Lipinski definition) is 1. The molecule has 0 bridgehead atoms. The van der Waals surface area contributed by atoms with Crippen LogP contribution in [0.25, 0.3) is 0 Å². The van der Waals surface area contributed by atoms with Crippen LogP contribution in [0.2, 0.25) is 5.02 Å². The molecular formula is C12H18ClNO3. The monoisotopic (exact) mass is 259 g/mol. The molecule has 0 aliphatic rings. The minimum atomic E-state index is 0.358. The first-order valence-corrected chi connectivity index (χ1v) is 5.79. The van der Waals surface area contributed by atoms with Crippen molar-refractivity contribution in [1.29, 1.82) is 0 Å². The second-order valence-electron chi connectivity index (χ2n) is 3.50. The Kier molecular flexibility index (Phi) is 6.11. The predicted molar refractivity (Wildman–Crippen MR) is 67.9 cm³/mol. The molecule has 0 heterocycles. The number of methoxy groups -OCH3 is 2. The number of halogens is 1. The van der Waals surface area contributed by atoms with Gasteiger partial charge in [-0.05, 0) is 6.07 Å². The molecule has 5 heteroatoms. The second-order valence-corrected chi connectivity index (χ2v) is 3.93. The summed E-state index contributed by atoms with van der Waals surface area (Å²) < 4.78 is 15.8. The van der Waals surface area contributed by atoms with Gasteiger partial charge in [-0.25, -0.2) is 0 Å². The molecule has 2 N–H and O–H groups in total. The van der Waals surface area contributed by atoms with E-state index in [0.717, 1.165) is 12.0 Å². The molecule has 0 aliphatic heterocycles. The fourth-order valence-electron chi connectivity index (χ4n) is 1.47. The smallest absolute Gasteiger partial charge is 0.165 e. The maximum absolute atomic E-state index is 5.95. The van der Waals surface area contributed by atoms with Gasteiger partial charge in [-0.15, -0.1) is 0 Å². The van der Waals surface area contributed by atoms with Gasteiger partial charge >= 0.3 is 0 Å². The Balaban J connectivity index is 2.79. The largest absolute Gasteiger partial charge is 0.493 e.